The van der Waals surface area contributed by atoms with Crippen molar-refractivity contribution in [3.05, 3.63) is 35.9 Å². The molecule has 1 aliphatic carbocycles. The van der Waals surface area contributed by atoms with Crippen molar-refractivity contribution in [3.8, 4) is 0 Å². The summed E-state index contributed by atoms with van der Waals surface area (Å²) in [5, 5.41) is 3.55. The van der Waals surface area contributed by atoms with E-state index in [2.05, 4.69) is 52.6 Å². The van der Waals surface area contributed by atoms with E-state index >= 15 is 0 Å². The lowest BCUT2D eigenvalue weighted by Crippen LogP contribution is -2.48. The number of benzene rings is 1. The predicted octanol–water partition coefficient (Wildman–Crippen LogP) is 2.62. The second-order valence-corrected chi connectivity index (χ2v) is 5.48. The van der Waals surface area contributed by atoms with E-state index in [1.807, 2.05) is 0 Å². The van der Waals surface area contributed by atoms with E-state index in [0.717, 1.165) is 25.6 Å². The minimum Gasteiger partial charge on any atom is -0.355 e. The maximum absolute atomic E-state index is 4.50. The number of likely N-dealkylation sites (N-methyl/N-ethyl adjacent to an activating group) is 1. The predicted molar refractivity (Wildman–Crippen MR) is 90.3 cm³/mol. The van der Waals surface area contributed by atoms with Crippen molar-refractivity contribution in [1.29, 1.82) is 0 Å². The summed E-state index contributed by atoms with van der Waals surface area (Å²) in [5.74, 6) is 1.07. The molecule has 0 radical (unpaired) electrons. The van der Waals surface area contributed by atoms with Gasteiger partial charge < -0.3 is 10.2 Å². The van der Waals surface area contributed by atoms with Crippen LogP contribution in [0, 0.1) is 0 Å². The number of halogens is 1. The number of guanidine groups is 1. The van der Waals surface area contributed by atoms with Gasteiger partial charge in [0.05, 0.1) is 6.54 Å². The summed E-state index contributed by atoms with van der Waals surface area (Å²) < 4.78 is 0. The molecule has 104 valence electrons. The molecule has 1 saturated carbocycles. The van der Waals surface area contributed by atoms with Crippen LogP contribution in [0.1, 0.15) is 24.8 Å². The van der Waals surface area contributed by atoms with E-state index < -0.39 is 0 Å². The van der Waals surface area contributed by atoms with Gasteiger partial charge in [-0.15, -0.1) is 24.0 Å². The third-order valence-corrected chi connectivity index (χ3v) is 4.34. The monoisotopic (exact) mass is 371 g/mol. The van der Waals surface area contributed by atoms with Gasteiger partial charge in [0.15, 0.2) is 5.96 Å². The van der Waals surface area contributed by atoms with E-state index in [0.29, 0.717) is 5.41 Å². The second kappa shape index (κ2) is 6.11. The van der Waals surface area contributed by atoms with E-state index in [9.17, 15) is 0 Å². The molecule has 0 unspecified atom stereocenters. The molecule has 0 aromatic heterocycles. The normalized spacial score (nSPS) is 20.3. The lowest BCUT2D eigenvalue weighted by atomic mass is 9.64. The topological polar surface area (TPSA) is 27.6 Å². The van der Waals surface area contributed by atoms with Crippen molar-refractivity contribution in [3.63, 3.8) is 0 Å². The molecule has 0 spiro atoms. The smallest absolute Gasteiger partial charge is 0.193 e. The van der Waals surface area contributed by atoms with Gasteiger partial charge in [-0.25, -0.2) is 0 Å². The fraction of sp³-hybridized carbons (Fsp3) is 0.533. The Morgan fingerprint density at radius 2 is 2.00 bits per heavy atom. The molecule has 0 atom stereocenters. The Labute approximate surface area is 132 Å². The van der Waals surface area contributed by atoms with Crippen LogP contribution in [-0.2, 0) is 5.41 Å². The molecule has 3 rings (SSSR count). The minimum atomic E-state index is 0. The third-order valence-electron chi connectivity index (χ3n) is 4.34. The summed E-state index contributed by atoms with van der Waals surface area (Å²) in [4.78, 5) is 6.71. The summed E-state index contributed by atoms with van der Waals surface area (Å²) in [6.45, 7) is 2.98. The number of rotatable bonds is 3. The highest BCUT2D eigenvalue weighted by molar-refractivity contribution is 14.0. The van der Waals surface area contributed by atoms with Crippen molar-refractivity contribution >= 4 is 29.9 Å². The zero-order valence-corrected chi connectivity index (χ0v) is 13.8. The zero-order valence-electron chi connectivity index (χ0n) is 11.4. The highest BCUT2D eigenvalue weighted by atomic mass is 127. The van der Waals surface area contributed by atoms with Crippen LogP contribution in [0.2, 0.25) is 0 Å². The Morgan fingerprint density at radius 3 is 2.53 bits per heavy atom. The standard InChI is InChI=1S/C15H21N3.HI/c1-18-11-10-16-14(18)17-12-15(8-5-9-15)13-6-3-2-4-7-13;/h2-4,6-7H,5,8-12H2,1H3,(H,16,17);1H. The first-order chi connectivity index (χ1) is 8.80. The fourth-order valence-electron chi connectivity index (χ4n) is 2.93. The highest BCUT2D eigenvalue weighted by Gasteiger charge is 2.38. The van der Waals surface area contributed by atoms with Gasteiger partial charge in [-0.05, 0) is 18.4 Å². The van der Waals surface area contributed by atoms with Crippen LogP contribution in [0.15, 0.2) is 35.3 Å². The maximum Gasteiger partial charge on any atom is 0.193 e. The van der Waals surface area contributed by atoms with Crippen molar-refractivity contribution in [1.82, 2.24) is 10.2 Å². The molecule has 1 aromatic carbocycles. The molecular weight excluding hydrogens is 349 g/mol. The van der Waals surface area contributed by atoms with E-state index in [1.165, 1.54) is 24.8 Å². The first kappa shape index (κ1) is 14.6. The Morgan fingerprint density at radius 1 is 1.26 bits per heavy atom. The molecule has 1 heterocycles. The van der Waals surface area contributed by atoms with Crippen LogP contribution in [0.5, 0.6) is 0 Å². The van der Waals surface area contributed by atoms with Crippen LogP contribution in [-0.4, -0.2) is 37.5 Å². The molecule has 2 aliphatic rings. The Hall–Kier alpha value is -0.780. The fourth-order valence-corrected chi connectivity index (χ4v) is 2.93. The Bertz CT molecular complexity index is 440. The van der Waals surface area contributed by atoms with Crippen molar-refractivity contribution in [2.45, 2.75) is 24.7 Å². The van der Waals surface area contributed by atoms with Crippen LogP contribution >= 0.6 is 24.0 Å². The lowest BCUT2D eigenvalue weighted by Gasteiger charge is -2.43. The van der Waals surface area contributed by atoms with Crippen molar-refractivity contribution in [2.24, 2.45) is 4.99 Å². The van der Waals surface area contributed by atoms with Crippen LogP contribution in [0.25, 0.3) is 0 Å². The number of nitrogens with zero attached hydrogens (tertiary/aromatic N) is 2. The second-order valence-electron chi connectivity index (χ2n) is 5.48. The number of aliphatic imine (C=N–C) groups is 1. The van der Waals surface area contributed by atoms with E-state index in [4.69, 9.17) is 0 Å². The molecule has 0 amide bonds. The zero-order chi connectivity index (χ0) is 12.4. The molecule has 19 heavy (non-hydrogen) atoms. The van der Waals surface area contributed by atoms with Gasteiger partial charge in [0.1, 0.15) is 0 Å². The molecule has 3 nitrogen and oxygen atoms in total. The molecule has 1 aliphatic heterocycles. The molecule has 1 aromatic rings. The molecule has 1 fully saturated rings. The molecule has 0 bridgehead atoms. The van der Waals surface area contributed by atoms with E-state index in [1.54, 1.807) is 0 Å². The summed E-state index contributed by atoms with van der Waals surface area (Å²) in [5.41, 5.74) is 1.82. The van der Waals surface area contributed by atoms with Gasteiger partial charge in [0.2, 0.25) is 0 Å². The largest absolute Gasteiger partial charge is 0.355 e. The maximum atomic E-state index is 4.50. The van der Waals surface area contributed by atoms with Gasteiger partial charge in [0, 0.05) is 25.6 Å². The lowest BCUT2D eigenvalue weighted by molar-refractivity contribution is 0.242. The summed E-state index contributed by atoms with van der Waals surface area (Å²) in [6, 6.07) is 10.9. The third kappa shape index (κ3) is 2.88. The van der Waals surface area contributed by atoms with Gasteiger partial charge >= 0.3 is 0 Å². The first-order valence-electron chi connectivity index (χ1n) is 6.85. The van der Waals surface area contributed by atoms with Crippen LogP contribution in [0.4, 0.5) is 0 Å². The van der Waals surface area contributed by atoms with Gasteiger partial charge in [-0.3, -0.25) is 4.99 Å². The number of nitrogens with one attached hydrogen (secondary N) is 1. The first-order valence-corrected chi connectivity index (χ1v) is 6.85. The quantitative estimate of drug-likeness (QED) is 0.828. The summed E-state index contributed by atoms with van der Waals surface area (Å²) in [6.07, 6.45) is 3.93. The Balaban J connectivity index is 0.00000133. The SMILES string of the molecule is CN1CCN=C1NCC1(c2ccccc2)CCC1.I. The van der Waals surface area contributed by atoms with Crippen molar-refractivity contribution in [2.75, 3.05) is 26.7 Å². The van der Waals surface area contributed by atoms with Gasteiger partial charge in [-0.2, -0.15) is 0 Å². The molecule has 0 saturated heterocycles. The Kier molecular flexibility index (Phi) is 4.71. The van der Waals surface area contributed by atoms with E-state index in [-0.39, 0.29) is 24.0 Å². The van der Waals surface area contributed by atoms with Gasteiger partial charge in [-0.1, -0.05) is 36.8 Å². The average Bonchev–Trinajstić information content (AvgIpc) is 2.75. The minimum absolute atomic E-state index is 0. The molecule has 4 heteroatoms. The highest BCUT2D eigenvalue weighted by Crippen LogP contribution is 2.43. The van der Waals surface area contributed by atoms with Crippen molar-refractivity contribution < 1.29 is 0 Å². The molecular formula is C15H22IN3. The van der Waals surface area contributed by atoms with Crippen LogP contribution < -0.4 is 5.32 Å². The summed E-state index contributed by atoms with van der Waals surface area (Å²) >= 11 is 0. The number of hydrogen-bond donors (Lipinski definition) is 1. The van der Waals surface area contributed by atoms with Gasteiger partial charge in [0.25, 0.3) is 0 Å². The van der Waals surface area contributed by atoms with Crippen LogP contribution in [0.3, 0.4) is 0 Å². The molecule has 1 N–H and O–H groups in total. The number of hydrogen-bond acceptors (Lipinski definition) is 3. The summed E-state index contributed by atoms with van der Waals surface area (Å²) in [7, 11) is 2.11. The average molecular weight is 371 g/mol.